The van der Waals surface area contributed by atoms with Crippen molar-refractivity contribution in [3.63, 3.8) is 0 Å². The van der Waals surface area contributed by atoms with Crippen molar-refractivity contribution in [2.24, 2.45) is 22.3 Å². The molecule has 277 valence electrons. The third-order valence-electron chi connectivity index (χ3n) is 9.86. The highest BCUT2D eigenvalue weighted by molar-refractivity contribution is 6.18. The third kappa shape index (κ3) is 11.5. The number of hydrogen-bond acceptors (Lipinski definition) is 10. The summed E-state index contributed by atoms with van der Waals surface area (Å²) in [6, 6.07) is 7.57. The predicted molar refractivity (Wildman–Crippen MR) is 192 cm³/mol. The van der Waals surface area contributed by atoms with Crippen molar-refractivity contribution >= 4 is 31.3 Å². The van der Waals surface area contributed by atoms with Gasteiger partial charge in [-0.05, 0) is 101 Å². The second-order valence-corrected chi connectivity index (χ2v) is 13.5. The number of nitrogens with one attached hydrogen (secondary N) is 4. The molecule has 2 heterocycles. The van der Waals surface area contributed by atoms with Gasteiger partial charge in [-0.3, -0.25) is 29.1 Å². The Morgan fingerprint density at radius 3 is 1.45 bits per heavy atom. The van der Waals surface area contributed by atoms with Crippen LogP contribution in [0.15, 0.2) is 49.1 Å². The molecule has 2 unspecified atom stereocenters. The lowest BCUT2D eigenvalue weighted by Gasteiger charge is -2.31. The normalized spacial score (nSPS) is 17.2. The number of carbonyl (C=O) groups is 4. The molecule has 4 amide bonds. The van der Waals surface area contributed by atoms with E-state index in [9.17, 15) is 19.2 Å². The zero-order valence-corrected chi connectivity index (χ0v) is 29.6. The lowest BCUT2D eigenvalue weighted by molar-refractivity contribution is -0.146. The maximum atomic E-state index is 13.7. The number of nitrogens with zero attached hydrogens (tertiary/aromatic N) is 2. The van der Waals surface area contributed by atoms with E-state index in [1.54, 1.807) is 24.8 Å². The SMILES string of the molecule is NCCCC(NC(=O)C1(C(=O)NCCc2cccnc2)CCCC1)O[B]OC(CCCN)NC(=O)C1(C(=O)NCCc2cccnc2)CCCC1. The summed E-state index contributed by atoms with van der Waals surface area (Å²) < 4.78 is 11.8. The fourth-order valence-electron chi connectivity index (χ4n) is 6.83. The van der Waals surface area contributed by atoms with E-state index in [-0.39, 0.29) is 11.8 Å². The summed E-state index contributed by atoms with van der Waals surface area (Å²) >= 11 is 0. The van der Waals surface area contributed by atoms with Crippen LogP contribution >= 0.6 is 0 Å². The summed E-state index contributed by atoms with van der Waals surface area (Å²) in [6.07, 6.45) is 13.1. The number of carbonyl (C=O) groups excluding carboxylic acids is 4. The zero-order valence-electron chi connectivity index (χ0n) is 29.6. The van der Waals surface area contributed by atoms with Gasteiger partial charge < -0.3 is 42.0 Å². The zero-order chi connectivity index (χ0) is 36.4. The predicted octanol–water partition coefficient (Wildman–Crippen LogP) is 1.54. The molecule has 4 rings (SSSR count). The summed E-state index contributed by atoms with van der Waals surface area (Å²) in [7, 11) is 1.10. The molecule has 0 spiro atoms. The number of nitrogens with two attached hydrogens (primary N) is 2. The largest absolute Gasteiger partial charge is 0.491 e. The van der Waals surface area contributed by atoms with Crippen LogP contribution in [0.1, 0.15) is 88.2 Å². The number of pyridine rings is 2. The van der Waals surface area contributed by atoms with Gasteiger partial charge in [-0.1, -0.05) is 37.8 Å². The molecule has 51 heavy (non-hydrogen) atoms. The van der Waals surface area contributed by atoms with Crippen LogP contribution in [0, 0.1) is 10.8 Å². The Bertz CT molecular complexity index is 1270. The molecule has 2 aliphatic carbocycles. The van der Waals surface area contributed by atoms with Crippen molar-refractivity contribution < 1.29 is 28.5 Å². The molecule has 0 saturated heterocycles. The quantitative estimate of drug-likeness (QED) is 0.0591. The molecule has 8 N–H and O–H groups in total. The molecule has 0 aliphatic heterocycles. The van der Waals surface area contributed by atoms with Crippen molar-refractivity contribution in [2.75, 3.05) is 26.2 Å². The molecule has 1 radical (unpaired) electrons. The first kappa shape index (κ1) is 39.9. The molecule has 0 aromatic carbocycles. The van der Waals surface area contributed by atoms with Gasteiger partial charge >= 0.3 is 7.69 Å². The highest BCUT2D eigenvalue weighted by Crippen LogP contribution is 2.40. The molecule has 0 bridgehead atoms. The average molecular weight is 706 g/mol. The fourth-order valence-corrected chi connectivity index (χ4v) is 6.83. The molecule has 2 aromatic heterocycles. The maximum Gasteiger partial charge on any atom is 0.491 e. The molecular weight excluding hydrogens is 651 g/mol. The van der Waals surface area contributed by atoms with Crippen LogP contribution in [0.5, 0.6) is 0 Å². The van der Waals surface area contributed by atoms with Gasteiger partial charge in [-0.15, -0.1) is 0 Å². The second kappa shape index (κ2) is 20.8. The summed E-state index contributed by atoms with van der Waals surface area (Å²) in [6.45, 7) is 1.52. The van der Waals surface area contributed by atoms with Crippen LogP contribution in [0.4, 0.5) is 0 Å². The van der Waals surface area contributed by atoms with Crippen LogP contribution in [0.25, 0.3) is 0 Å². The van der Waals surface area contributed by atoms with Gasteiger partial charge in [-0.2, -0.15) is 0 Å². The molecule has 2 atom stereocenters. The van der Waals surface area contributed by atoms with Crippen molar-refractivity contribution in [1.82, 2.24) is 31.2 Å². The van der Waals surface area contributed by atoms with E-state index in [0.29, 0.717) is 90.4 Å². The van der Waals surface area contributed by atoms with E-state index < -0.39 is 35.1 Å². The highest BCUT2D eigenvalue weighted by Gasteiger charge is 2.49. The first-order valence-corrected chi connectivity index (χ1v) is 18.3. The Hall–Kier alpha value is -3.92. The van der Waals surface area contributed by atoms with Crippen LogP contribution in [0.2, 0.25) is 0 Å². The maximum absolute atomic E-state index is 13.7. The molecule has 2 saturated carbocycles. The minimum atomic E-state index is -1.20. The van der Waals surface area contributed by atoms with Gasteiger partial charge in [0.1, 0.15) is 23.3 Å². The Labute approximate surface area is 301 Å². The number of hydrogen-bond donors (Lipinski definition) is 6. The van der Waals surface area contributed by atoms with E-state index >= 15 is 0 Å². The van der Waals surface area contributed by atoms with Crippen LogP contribution in [0.3, 0.4) is 0 Å². The minimum Gasteiger partial charge on any atom is -0.393 e. The average Bonchev–Trinajstić information content (AvgIpc) is 3.86. The van der Waals surface area contributed by atoms with Gasteiger partial charge in [0.05, 0.1) is 0 Å². The Morgan fingerprint density at radius 2 is 1.10 bits per heavy atom. The van der Waals surface area contributed by atoms with Crippen molar-refractivity contribution in [3.8, 4) is 0 Å². The fraction of sp³-hybridized carbons (Fsp3) is 0.611. The van der Waals surface area contributed by atoms with E-state index in [1.807, 2.05) is 24.3 Å². The Balaban J connectivity index is 1.32. The number of aromatic nitrogens is 2. The lowest BCUT2D eigenvalue weighted by Crippen LogP contribution is -2.54. The molecular formula is C36H54BN8O6. The van der Waals surface area contributed by atoms with Crippen LogP contribution in [-0.4, -0.2) is 79.9 Å². The summed E-state index contributed by atoms with van der Waals surface area (Å²) in [5, 5.41) is 11.7. The van der Waals surface area contributed by atoms with Crippen LogP contribution in [-0.2, 0) is 41.3 Å². The van der Waals surface area contributed by atoms with E-state index in [0.717, 1.165) is 44.5 Å². The first-order chi connectivity index (χ1) is 24.8. The number of rotatable bonds is 22. The second-order valence-electron chi connectivity index (χ2n) is 13.5. The van der Waals surface area contributed by atoms with Gasteiger partial charge in [-0.25, -0.2) is 0 Å². The number of amides is 4. The Kier molecular flexibility index (Phi) is 16.3. The summed E-state index contributed by atoms with van der Waals surface area (Å²) in [5.41, 5.74) is 11.1. The monoisotopic (exact) mass is 705 g/mol. The smallest absolute Gasteiger partial charge is 0.393 e. The topological polar surface area (TPSA) is 213 Å². The van der Waals surface area contributed by atoms with E-state index in [4.69, 9.17) is 20.8 Å². The van der Waals surface area contributed by atoms with Gasteiger partial charge in [0.15, 0.2) is 0 Å². The standard InChI is InChI=1S/C36H54BN8O6/c38-19-5-11-29(44-33(48)35(15-1-2-16-35)31(46)42-23-13-27-9-7-21-40-25-27)50-37-51-30(12-6-20-39)45-34(49)36(17-3-4-18-36)32(47)43-24-14-28-10-8-22-41-26-28/h7-10,21-22,25-26,29-30H,1-6,11-20,23-24,38-39H2,(H,42,46)(H,43,47)(H,44,48)(H,45,49). The van der Waals surface area contributed by atoms with Gasteiger partial charge in [0.2, 0.25) is 23.6 Å². The van der Waals surface area contributed by atoms with Crippen LogP contribution < -0.4 is 32.7 Å². The summed E-state index contributed by atoms with van der Waals surface area (Å²) in [4.78, 5) is 62.6. The molecule has 14 nitrogen and oxygen atoms in total. The third-order valence-corrected chi connectivity index (χ3v) is 9.86. The van der Waals surface area contributed by atoms with Gasteiger partial charge in [0.25, 0.3) is 0 Å². The molecule has 2 aliphatic rings. The molecule has 2 aromatic rings. The van der Waals surface area contributed by atoms with E-state index in [1.165, 1.54) is 0 Å². The van der Waals surface area contributed by atoms with Gasteiger partial charge in [0, 0.05) is 37.9 Å². The summed E-state index contributed by atoms with van der Waals surface area (Å²) in [5.74, 6) is -1.41. The molecule has 15 heteroatoms. The highest BCUT2D eigenvalue weighted by atomic mass is 16.6. The minimum absolute atomic E-state index is 0.300. The van der Waals surface area contributed by atoms with Crippen molar-refractivity contribution in [1.29, 1.82) is 0 Å². The first-order valence-electron chi connectivity index (χ1n) is 18.3. The van der Waals surface area contributed by atoms with Crippen molar-refractivity contribution in [3.05, 3.63) is 60.2 Å². The molecule has 2 fully saturated rings. The Morgan fingerprint density at radius 1 is 0.686 bits per heavy atom. The van der Waals surface area contributed by atoms with Crippen molar-refractivity contribution in [2.45, 2.75) is 102 Å². The lowest BCUT2D eigenvalue weighted by atomic mass is 9.83. The van der Waals surface area contributed by atoms with E-state index in [2.05, 4.69) is 31.2 Å².